The molecule has 23 heteroatoms. The molecule has 3 atom stereocenters. The van der Waals surface area contributed by atoms with Crippen molar-refractivity contribution >= 4 is 98.7 Å². The Morgan fingerprint density at radius 2 is 1.98 bits per heavy atom. The van der Waals surface area contributed by atoms with Gasteiger partial charge in [-0.25, -0.2) is 28.1 Å². The van der Waals surface area contributed by atoms with Gasteiger partial charge in [0.25, 0.3) is 22.8 Å². The van der Waals surface area contributed by atoms with Crippen LogP contribution in [-0.4, -0.2) is 106 Å². The highest BCUT2D eigenvalue weighted by atomic mass is 32.2. The number of aromatic carboxylic acids is 1. The van der Waals surface area contributed by atoms with Crippen molar-refractivity contribution in [1.29, 1.82) is 0 Å². The summed E-state index contributed by atoms with van der Waals surface area (Å²) in [7, 11) is 0. The minimum Gasteiger partial charge on any atom is -0.478 e. The molecule has 4 heterocycles. The molecule has 4 rings (SSSR count). The lowest BCUT2D eigenvalue weighted by molar-refractivity contribution is -0.150. The molecule has 7 N–H and O–H groups in total. The maximum Gasteiger partial charge on any atom is 0.358 e. The maximum absolute atomic E-state index is 13.2. The molecule has 2 aromatic rings. The SMILES string of the molecule is Nc1nc(/C(=N/OC(SCC(F)F)C(=O)O)C(=O)NC2C(=O)N3C(C(=O)O)=C(CSc4s[nH]c(=O)c4C(=O)O)CSC23)cs1. The van der Waals surface area contributed by atoms with Crippen molar-refractivity contribution in [3.63, 3.8) is 0 Å². The Kier molecular flexibility index (Phi) is 10.5. The summed E-state index contributed by atoms with van der Waals surface area (Å²) in [5, 5.41) is 34.7. The van der Waals surface area contributed by atoms with Crippen molar-refractivity contribution in [2.75, 3.05) is 23.0 Å². The van der Waals surface area contributed by atoms with E-state index in [-0.39, 0.29) is 49.6 Å². The predicted octanol–water partition coefficient (Wildman–Crippen LogP) is 0.834. The smallest absolute Gasteiger partial charge is 0.358 e. The summed E-state index contributed by atoms with van der Waals surface area (Å²) in [6.45, 7) is 0. The van der Waals surface area contributed by atoms with Gasteiger partial charge in [-0.05, 0) is 5.57 Å². The van der Waals surface area contributed by atoms with Crippen molar-refractivity contribution in [3.05, 3.63) is 38.3 Å². The highest BCUT2D eigenvalue weighted by Crippen LogP contribution is 2.42. The van der Waals surface area contributed by atoms with Gasteiger partial charge in [-0.2, -0.15) is 0 Å². The number of aliphatic carboxylic acids is 2. The first-order chi connectivity index (χ1) is 20.8. The van der Waals surface area contributed by atoms with Crippen LogP contribution in [0.15, 0.2) is 30.8 Å². The van der Waals surface area contributed by atoms with Crippen LogP contribution in [-0.2, 0) is 24.0 Å². The number of amides is 2. The van der Waals surface area contributed by atoms with Gasteiger partial charge in [0.2, 0.25) is 6.43 Å². The first-order valence-electron chi connectivity index (χ1n) is 11.7. The van der Waals surface area contributed by atoms with Crippen LogP contribution in [0.2, 0.25) is 0 Å². The molecule has 1 saturated heterocycles. The van der Waals surface area contributed by atoms with E-state index >= 15 is 0 Å². The molecule has 3 unspecified atom stereocenters. The zero-order valence-electron chi connectivity index (χ0n) is 21.4. The van der Waals surface area contributed by atoms with Crippen LogP contribution >= 0.6 is 58.2 Å². The van der Waals surface area contributed by atoms with Crippen LogP contribution in [0.4, 0.5) is 13.9 Å². The quantitative estimate of drug-likeness (QED) is 0.0522. The summed E-state index contributed by atoms with van der Waals surface area (Å²) < 4.78 is 27.6. The Morgan fingerprint density at radius 3 is 2.57 bits per heavy atom. The number of carboxylic acids is 3. The zero-order chi connectivity index (χ0) is 32.3. The number of nitrogens with two attached hydrogens (primary N) is 1. The molecule has 1 fully saturated rings. The number of anilines is 1. The van der Waals surface area contributed by atoms with E-state index in [1.807, 2.05) is 0 Å². The average Bonchev–Trinajstić information content (AvgIpc) is 3.55. The first kappa shape index (κ1) is 33.2. The summed E-state index contributed by atoms with van der Waals surface area (Å²) in [6.07, 6.45) is -2.85. The molecular weight excluding hydrogens is 695 g/mol. The number of β-lactam (4-membered cyclic amide) rings is 1. The molecule has 2 aliphatic heterocycles. The normalized spacial score (nSPS) is 18.9. The zero-order valence-corrected chi connectivity index (χ0v) is 25.5. The van der Waals surface area contributed by atoms with Gasteiger partial charge in [-0.1, -0.05) is 28.5 Å². The van der Waals surface area contributed by atoms with E-state index < -0.39 is 75.6 Å². The van der Waals surface area contributed by atoms with Gasteiger partial charge in [0.1, 0.15) is 22.8 Å². The molecule has 0 saturated carbocycles. The van der Waals surface area contributed by atoms with Gasteiger partial charge >= 0.3 is 17.9 Å². The van der Waals surface area contributed by atoms with E-state index in [2.05, 4.69) is 19.8 Å². The van der Waals surface area contributed by atoms with E-state index in [4.69, 9.17) is 10.6 Å². The number of nitrogen functional groups attached to an aromatic ring is 1. The number of hydrogen-bond acceptors (Lipinski definition) is 15. The van der Waals surface area contributed by atoms with E-state index in [0.717, 1.165) is 51.3 Å². The molecule has 0 radical (unpaired) electrons. The molecule has 44 heavy (non-hydrogen) atoms. The number of carbonyl (C=O) groups is 5. The third kappa shape index (κ3) is 7.17. The second-order valence-corrected chi connectivity index (χ2v) is 13.6. The van der Waals surface area contributed by atoms with Gasteiger partial charge in [0.05, 0.1) is 9.96 Å². The largest absolute Gasteiger partial charge is 0.478 e. The summed E-state index contributed by atoms with van der Waals surface area (Å²) in [5.41, 5.74) is 1.57. The van der Waals surface area contributed by atoms with Crippen molar-refractivity contribution in [2.45, 2.75) is 27.5 Å². The lowest BCUT2D eigenvalue weighted by Gasteiger charge is -2.49. The Morgan fingerprint density at radius 1 is 1.25 bits per heavy atom. The van der Waals surface area contributed by atoms with Crippen molar-refractivity contribution in [1.82, 2.24) is 19.6 Å². The lowest BCUT2D eigenvalue weighted by atomic mass is 10.0. The fourth-order valence-corrected chi connectivity index (χ4v) is 8.30. The predicted molar refractivity (Wildman–Crippen MR) is 156 cm³/mol. The van der Waals surface area contributed by atoms with Crippen molar-refractivity contribution in [3.8, 4) is 0 Å². The number of carbonyl (C=O) groups excluding carboxylic acids is 2. The number of oxime groups is 1. The second kappa shape index (κ2) is 14.0. The Labute approximate surface area is 264 Å². The fourth-order valence-electron chi connectivity index (χ4n) is 3.74. The van der Waals surface area contributed by atoms with Crippen LogP contribution in [0.25, 0.3) is 0 Å². The number of halogens is 2. The van der Waals surface area contributed by atoms with E-state index in [1.165, 1.54) is 5.38 Å². The number of hydrogen-bond donors (Lipinski definition) is 6. The van der Waals surface area contributed by atoms with Gasteiger partial charge in [-0.3, -0.25) is 23.7 Å². The number of aromatic amines is 1. The van der Waals surface area contributed by atoms with Gasteiger partial charge in [-0.15, -0.1) is 34.9 Å². The highest BCUT2D eigenvalue weighted by molar-refractivity contribution is 8.02. The van der Waals surface area contributed by atoms with Crippen molar-refractivity contribution in [2.24, 2.45) is 5.16 Å². The number of thioether (sulfide) groups is 3. The number of thiazole rings is 1. The van der Waals surface area contributed by atoms with Crippen LogP contribution in [0.1, 0.15) is 16.1 Å². The average molecular weight is 713 g/mol. The molecule has 0 spiro atoms. The monoisotopic (exact) mass is 712 g/mol. The van der Waals surface area contributed by atoms with Crippen LogP contribution in [0.5, 0.6) is 0 Å². The highest BCUT2D eigenvalue weighted by Gasteiger charge is 2.54. The third-order valence-electron chi connectivity index (χ3n) is 5.59. The minimum absolute atomic E-state index is 0.000109. The summed E-state index contributed by atoms with van der Waals surface area (Å²) in [5.74, 6) is -7.28. The molecule has 0 aliphatic carbocycles. The lowest BCUT2D eigenvalue weighted by Crippen LogP contribution is -2.71. The van der Waals surface area contributed by atoms with Crippen LogP contribution in [0, 0.1) is 0 Å². The first-order valence-corrected chi connectivity index (χ1v) is 16.4. The van der Waals surface area contributed by atoms with E-state index in [9.17, 15) is 52.9 Å². The summed E-state index contributed by atoms with van der Waals surface area (Å²) in [4.78, 5) is 82.7. The second-order valence-electron chi connectivity index (χ2n) is 8.42. The molecular formula is C21H18F2N6O10S5. The number of nitrogens with zero attached hydrogens (tertiary/aromatic N) is 3. The molecule has 2 aliphatic rings. The van der Waals surface area contributed by atoms with Gasteiger partial charge < -0.3 is 31.2 Å². The Hall–Kier alpha value is -3.67. The maximum atomic E-state index is 13.2. The number of rotatable bonds is 14. The number of alkyl halides is 2. The number of carboxylic acid groups (broad SMARTS) is 3. The third-order valence-corrected chi connectivity index (χ3v) is 10.9. The number of aromatic nitrogens is 2. The fraction of sp³-hybridized carbons (Fsp3) is 0.333. The summed E-state index contributed by atoms with van der Waals surface area (Å²) >= 11 is 3.92. The van der Waals surface area contributed by atoms with Crippen molar-refractivity contribution < 1.29 is 52.9 Å². The number of fused-ring (bicyclic) bond motifs is 1. The van der Waals surface area contributed by atoms with Gasteiger partial charge in [0, 0.05) is 16.9 Å². The molecule has 0 aromatic carbocycles. The Balaban J connectivity index is 1.51. The van der Waals surface area contributed by atoms with E-state index in [0.29, 0.717) is 0 Å². The molecule has 0 bridgehead atoms. The van der Waals surface area contributed by atoms with E-state index in [1.54, 1.807) is 0 Å². The summed E-state index contributed by atoms with van der Waals surface area (Å²) in [6, 6.07) is -1.26. The minimum atomic E-state index is -2.85. The topological polar surface area (TPSA) is 255 Å². The molecule has 16 nitrogen and oxygen atoms in total. The van der Waals surface area contributed by atoms with Crippen LogP contribution < -0.4 is 16.6 Å². The van der Waals surface area contributed by atoms with Crippen LogP contribution in [0.3, 0.4) is 0 Å². The number of nitrogens with one attached hydrogen (secondary N) is 2. The standard InChI is InChI=1S/C21H18F2N6O10S5/c22-7(23)4-41-19(18(37)38)39-27-9(6-3-43-21(24)25-6)13(31)26-10-14(32)29-11(17(35)36)5(1-40-15(10)29)2-42-20-8(16(33)34)12(30)28-44-20/h3,7,10,15,19H,1-2,4H2,(H2,24,25)(H,26,31)(H,28,30)(H,33,34)(H,35,36)(H,37,38)/b27-9-. The molecule has 2 aromatic heterocycles. The number of H-pyrrole nitrogens is 1. The van der Waals surface area contributed by atoms with Gasteiger partial charge in [0.15, 0.2) is 16.4 Å². The Bertz CT molecular complexity index is 1620. The molecule has 2 amide bonds. The molecule has 236 valence electrons.